The van der Waals surface area contributed by atoms with Crippen molar-refractivity contribution in [2.45, 2.75) is 45.4 Å². The van der Waals surface area contributed by atoms with E-state index in [1.54, 1.807) is 6.92 Å². The molecule has 1 aromatic carbocycles. The zero-order valence-electron chi connectivity index (χ0n) is 10.4. The molecule has 0 aromatic heterocycles. The van der Waals surface area contributed by atoms with E-state index in [0.29, 0.717) is 6.04 Å². The monoisotopic (exact) mass is 230 g/mol. The van der Waals surface area contributed by atoms with Crippen molar-refractivity contribution in [2.24, 2.45) is 0 Å². The molecule has 1 N–H and O–H groups in total. The zero-order chi connectivity index (χ0) is 12.3. The molecule has 0 radical (unpaired) electrons. The van der Waals surface area contributed by atoms with Crippen LogP contribution in [-0.4, -0.2) is 12.1 Å². The van der Waals surface area contributed by atoms with Crippen LogP contribution in [-0.2, 0) is 6.54 Å². The van der Waals surface area contributed by atoms with E-state index in [1.807, 2.05) is 12.1 Å². The predicted molar refractivity (Wildman–Crippen MR) is 66.7 cm³/mol. The number of aryl methyl sites for hydroxylation is 1. The fourth-order valence-electron chi connectivity index (χ4n) is 1.72. The van der Waals surface area contributed by atoms with Crippen molar-refractivity contribution in [1.82, 2.24) is 5.32 Å². The Kier molecular flexibility index (Phi) is 3.65. The molecule has 0 spiro atoms. The minimum absolute atomic E-state index is 0.405. The van der Waals surface area contributed by atoms with Crippen molar-refractivity contribution >= 4 is 0 Å². The second-order valence-electron chi connectivity index (χ2n) is 4.66. The Labute approximate surface area is 102 Å². The molecule has 0 amide bonds. The summed E-state index contributed by atoms with van der Waals surface area (Å²) in [5.41, 5.74) is 2.36. The molecule has 3 nitrogen and oxygen atoms in total. The van der Waals surface area contributed by atoms with Gasteiger partial charge >= 0.3 is 0 Å². The largest absolute Gasteiger partial charge is 0.476 e. The van der Waals surface area contributed by atoms with Gasteiger partial charge in [0.25, 0.3) is 0 Å². The molecule has 3 heteroatoms. The lowest BCUT2D eigenvalue weighted by molar-refractivity contribution is 0.273. The second-order valence-corrected chi connectivity index (χ2v) is 4.66. The highest BCUT2D eigenvalue weighted by molar-refractivity contribution is 5.37. The van der Waals surface area contributed by atoms with Crippen LogP contribution in [0.2, 0.25) is 0 Å². The Morgan fingerprint density at radius 2 is 2.29 bits per heavy atom. The van der Waals surface area contributed by atoms with Gasteiger partial charge in [0.1, 0.15) is 11.8 Å². The Bertz CT molecular complexity index is 432. The maximum Gasteiger partial charge on any atom is 0.181 e. The van der Waals surface area contributed by atoms with Gasteiger partial charge in [-0.3, -0.25) is 0 Å². The summed E-state index contributed by atoms with van der Waals surface area (Å²) in [6.45, 7) is 4.65. The fraction of sp³-hybridized carbons (Fsp3) is 0.500. The van der Waals surface area contributed by atoms with Crippen molar-refractivity contribution in [3.63, 3.8) is 0 Å². The molecule has 1 aliphatic rings. The molecule has 17 heavy (non-hydrogen) atoms. The Morgan fingerprint density at radius 3 is 2.94 bits per heavy atom. The van der Waals surface area contributed by atoms with E-state index in [9.17, 15) is 0 Å². The lowest BCUT2D eigenvalue weighted by Crippen LogP contribution is -2.17. The quantitative estimate of drug-likeness (QED) is 0.845. The van der Waals surface area contributed by atoms with Crippen molar-refractivity contribution in [3.05, 3.63) is 29.3 Å². The van der Waals surface area contributed by atoms with Crippen LogP contribution < -0.4 is 10.1 Å². The van der Waals surface area contributed by atoms with Crippen LogP contribution in [0.25, 0.3) is 0 Å². The Morgan fingerprint density at radius 1 is 1.53 bits per heavy atom. The summed E-state index contributed by atoms with van der Waals surface area (Å²) in [5, 5.41) is 12.2. The summed E-state index contributed by atoms with van der Waals surface area (Å²) < 4.78 is 5.60. The van der Waals surface area contributed by atoms with E-state index in [2.05, 4.69) is 24.4 Å². The van der Waals surface area contributed by atoms with Gasteiger partial charge < -0.3 is 10.1 Å². The Hall–Kier alpha value is -1.53. The van der Waals surface area contributed by atoms with Crippen LogP contribution in [0.3, 0.4) is 0 Å². The third kappa shape index (κ3) is 3.47. The van der Waals surface area contributed by atoms with Crippen molar-refractivity contribution in [1.29, 1.82) is 5.26 Å². The highest BCUT2D eigenvalue weighted by Gasteiger charge is 2.20. The van der Waals surface area contributed by atoms with Crippen LogP contribution in [0.1, 0.15) is 30.9 Å². The summed E-state index contributed by atoms with van der Waals surface area (Å²) in [7, 11) is 0. The number of benzene rings is 1. The molecular formula is C14H18N2O. The lowest BCUT2D eigenvalue weighted by atomic mass is 10.1. The van der Waals surface area contributed by atoms with Gasteiger partial charge in [0, 0.05) is 18.2 Å². The number of hydrogen-bond donors (Lipinski definition) is 1. The number of ether oxygens (including phenoxy) is 1. The van der Waals surface area contributed by atoms with Crippen LogP contribution in [0.15, 0.2) is 18.2 Å². The van der Waals surface area contributed by atoms with Crippen molar-refractivity contribution in [2.75, 3.05) is 0 Å². The van der Waals surface area contributed by atoms with Crippen molar-refractivity contribution in [3.8, 4) is 11.8 Å². The molecule has 0 bridgehead atoms. The van der Waals surface area contributed by atoms with E-state index < -0.39 is 6.10 Å². The van der Waals surface area contributed by atoms with E-state index in [0.717, 1.165) is 17.9 Å². The summed E-state index contributed by atoms with van der Waals surface area (Å²) in [6.07, 6.45) is 2.14. The van der Waals surface area contributed by atoms with Gasteiger partial charge in [-0.2, -0.15) is 5.26 Å². The molecule has 0 heterocycles. The van der Waals surface area contributed by atoms with Gasteiger partial charge in [0.2, 0.25) is 0 Å². The first-order chi connectivity index (χ1) is 8.19. The minimum Gasteiger partial charge on any atom is -0.476 e. The third-order valence-electron chi connectivity index (χ3n) is 2.86. The SMILES string of the molecule is Cc1ccc(OC(C)C#N)c(CNC2CC2)c1. The zero-order valence-corrected chi connectivity index (χ0v) is 10.4. The highest BCUT2D eigenvalue weighted by atomic mass is 16.5. The second kappa shape index (κ2) is 5.20. The Balaban J connectivity index is 2.08. The molecule has 1 saturated carbocycles. The molecule has 1 aliphatic carbocycles. The van der Waals surface area contributed by atoms with Gasteiger partial charge in [-0.15, -0.1) is 0 Å². The molecule has 0 aliphatic heterocycles. The average molecular weight is 230 g/mol. The molecule has 1 aromatic rings. The van der Waals surface area contributed by atoms with Gasteiger partial charge in [0.05, 0.1) is 0 Å². The van der Waals surface area contributed by atoms with Gasteiger partial charge in [-0.25, -0.2) is 0 Å². The molecule has 1 atom stereocenters. The van der Waals surface area contributed by atoms with Crippen LogP contribution in [0.5, 0.6) is 5.75 Å². The summed E-state index contributed by atoms with van der Waals surface area (Å²) in [4.78, 5) is 0. The number of rotatable bonds is 5. The normalized spacial score (nSPS) is 16.3. The van der Waals surface area contributed by atoms with E-state index in [-0.39, 0.29) is 0 Å². The lowest BCUT2D eigenvalue weighted by Gasteiger charge is -2.14. The van der Waals surface area contributed by atoms with Crippen LogP contribution in [0, 0.1) is 18.3 Å². The number of nitrogens with one attached hydrogen (secondary N) is 1. The van der Waals surface area contributed by atoms with Crippen LogP contribution >= 0.6 is 0 Å². The summed E-state index contributed by atoms with van der Waals surface area (Å²) >= 11 is 0. The van der Waals surface area contributed by atoms with E-state index in [4.69, 9.17) is 10.00 Å². The minimum atomic E-state index is -0.405. The highest BCUT2D eigenvalue weighted by Crippen LogP contribution is 2.24. The first-order valence-electron chi connectivity index (χ1n) is 6.08. The van der Waals surface area contributed by atoms with Gasteiger partial charge in [-0.05, 0) is 32.8 Å². The molecule has 0 saturated heterocycles. The maximum absolute atomic E-state index is 8.78. The predicted octanol–water partition coefficient (Wildman–Crippen LogP) is 2.54. The molecule has 1 fully saturated rings. The first kappa shape index (κ1) is 11.9. The summed E-state index contributed by atoms with van der Waals surface area (Å²) in [5.74, 6) is 0.817. The van der Waals surface area contributed by atoms with Gasteiger partial charge in [-0.1, -0.05) is 17.7 Å². The molecule has 2 rings (SSSR count). The fourth-order valence-corrected chi connectivity index (χ4v) is 1.72. The van der Waals surface area contributed by atoms with E-state index >= 15 is 0 Å². The van der Waals surface area contributed by atoms with Gasteiger partial charge in [0.15, 0.2) is 6.10 Å². The molecular weight excluding hydrogens is 212 g/mol. The summed E-state index contributed by atoms with van der Waals surface area (Å²) in [6, 6.07) is 8.85. The number of nitriles is 1. The topological polar surface area (TPSA) is 45.0 Å². The molecule has 1 unspecified atom stereocenters. The number of nitrogens with zero attached hydrogens (tertiary/aromatic N) is 1. The maximum atomic E-state index is 8.78. The number of hydrogen-bond acceptors (Lipinski definition) is 3. The first-order valence-corrected chi connectivity index (χ1v) is 6.08. The standard InChI is InChI=1S/C14H18N2O/c1-10-3-6-14(17-11(2)8-15)12(7-10)9-16-13-4-5-13/h3,6-7,11,13,16H,4-5,9H2,1-2H3. The van der Waals surface area contributed by atoms with E-state index in [1.165, 1.54) is 18.4 Å². The van der Waals surface area contributed by atoms with Crippen LogP contribution in [0.4, 0.5) is 0 Å². The third-order valence-corrected chi connectivity index (χ3v) is 2.86. The van der Waals surface area contributed by atoms with Crippen molar-refractivity contribution < 1.29 is 4.74 Å². The smallest absolute Gasteiger partial charge is 0.181 e. The average Bonchev–Trinajstić information content (AvgIpc) is 3.13. The molecule has 90 valence electrons.